The fourth-order valence-electron chi connectivity index (χ4n) is 1.01. The van der Waals surface area contributed by atoms with Gasteiger partial charge in [0.1, 0.15) is 0 Å². The van der Waals surface area contributed by atoms with E-state index in [1.54, 1.807) is 11.3 Å². The quantitative estimate of drug-likeness (QED) is 0.820. The molecule has 1 unspecified atom stereocenters. The van der Waals surface area contributed by atoms with Crippen LogP contribution in [0.2, 0.25) is 5.02 Å². The molecule has 68 valence electrons. The van der Waals surface area contributed by atoms with Gasteiger partial charge in [-0.3, -0.25) is 0 Å². The molecule has 0 spiro atoms. The largest absolute Gasteiger partial charge is 0.372 e. The molecule has 0 saturated heterocycles. The van der Waals surface area contributed by atoms with Crippen molar-refractivity contribution in [3.8, 4) is 0 Å². The summed E-state index contributed by atoms with van der Waals surface area (Å²) in [5.74, 6) is 0. The van der Waals surface area contributed by atoms with Crippen LogP contribution in [0.5, 0.6) is 0 Å². The van der Waals surface area contributed by atoms with Gasteiger partial charge in [-0.2, -0.15) is 11.3 Å². The van der Waals surface area contributed by atoms with E-state index in [0.717, 1.165) is 10.6 Å². The van der Waals surface area contributed by atoms with Crippen LogP contribution in [0.15, 0.2) is 10.8 Å². The third-order valence-electron chi connectivity index (χ3n) is 1.57. The molecule has 0 aromatic carbocycles. The second kappa shape index (κ2) is 4.82. The predicted octanol–water partition coefficient (Wildman–Crippen LogP) is 2.44. The molecule has 1 aromatic heterocycles. The molecule has 0 fully saturated rings. The molecule has 2 N–H and O–H groups in total. The Kier molecular flexibility index (Phi) is 4.01. The van der Waals surface area contributed by atoms with Crippen LogP contribution in [0.1, 0.15) is 18.6 Å². The summed E-state index contributed by atoms with van der Waals surface area (Å²) in [5, 5.41) is 4.62. The highest BCUT2D eigenvalue weighted by atomic mass is 35.5. The highest BCUT2D eigenvalue weighted by molar-refractivity contribution is 7.08. The summed E-state index contributed by atoms with van der Waals surface area (Å²) in [5.41, 5.74) is 6.55. The molecule has 0 aliphatic rings. The number of hydrogen-bond donors (Lipinski definition) is 1. The van der Waals surface area contributed by atoms with E-state index in [1.165, 1.54) is 0 Å². The van der Waals surface area contributed by atoms with E-state index in [-0.39, 0.29) is 6.10 Å². The van der Waals surface area contributed by atoms with Gasteiger partial charge in [0.05, 0.1) is 11.1 Å². The van der Waals surface area contributed by atoms with Crippen molar-refractivity contribution in [2.75, 3.05) is 13.2 Å². The minimum Gasteiger partial charge on any atom is -0.372 e. The summed E-state index contributed by atoms with van der Waals surface area (Å²) in [6.45, 7) is 3.08. The summed E-state index contributed by atoms with van der Waals surface area (Å²) in [7, 11) is 0. The molecule has 0 aliphatic carbocycles. The van der Waals surface area contributed by atoms with E-state index in [9.17, 15) is 0 Å². The van der Waals surface area contributed by atoms with Gasteiger partial charge < -0.3 is 10.5 Å². The van der Waals surface area contributed by atoms with E-state index in [0.29, 0.717) is 13.2 Å². The summed E-state index contributed by atoms with van der Waals surface area (Å²) in [4.78, 5) is 0. The highest BCUT2D eigenvalue weighted by Gasteiger charge is 2.13. The Morgan fingerprint density at radius 1 is 1.67 bits per heavy atom. The van der Waals surface area contributed by atoms with Crippen LogP contribution >= 0.6 is 22.9 Å². The maximum absolute atomic E-state index is 5.92. The molecular weight excluding hydrogens is 194 g/mol. The van der Waals surface area contributed by atoms with E-state index >= 15 is 0 Å². The molecule has 0 radical (unpaired) electrons. The Labute approximate surface area is 81.3 Å². The monoisotopic (exact) mass is 205 g/mol. The Morgan fingerprint density at radius 3 is 2.83 bits per heavy atom. The van der Waals surface area contributed by atoms with Gasteiger partial charge in [0.25, 0.3) is 0 Å². The fourth-order valence-corrected chi connectivity index (χ4v) is 2.15. The Bertz CT molecular complexity index is 239. The third kappa shape index (κ3) is 2.20. The number of hydrogen-bond acceptors (Lipinski definition) is 3. The Morgan fingerprint density at radius 2 is 2.42 bits per heavy atom. The van der Waals surface area contributed by atoms with Gasteiger partial charge >= 0.3 is 0 Å². The summed E-state index contributed by atoms with van der Waals surface area (Å²) < 4.78 is 5.41. The Hall–Kier alpha value is -0.0900. The maximum Gasteiger partial charge on any atom is 0.0969 e. The SMILES string of the molecule is CCOC(CN)c1cscc1Cl. The first-order chi connectivity index (χ1) is 5.79. The molecule has 4 heteroatoms. The fraction of sp³-hybridized carbons (Fsp3) is 0.500. The van der Waals surface area contributed by atoms with Crippen LogP contribution in [0.4, 0.5) is 0 Å². The lowest BCUT2D eigenvalue weighted by atomic mass is 10.2. The van der Waals surface area contributed by atoms with Crippen LogP contribution < -0.4 is 5.73 Å². The normalized spacial score (nSPS) is 13.2. The van der Waals surface area contributed by atoms with Gasteiger partial charge in [0.15, 0.2) is 0 Å². The molecule has 1 heterocycles. The molecule has 1 rings (SSSR count). The predicted molar refractivity (Wildman–Crippen MR) is 52.8 cm³/mol. The molecule has 0 bridgehead atoms. The van der Waals surface area contributed by atoms with Gasteiger partial charge in [-0.15, -0.1) is 0 Å². The minimum atomic E-state index is -0.0475. The van der Waals surface area contributed by atoms with Crippen LogP contribution in [-0.2, 0) is 4.74 Å². The summed E-state index contributed by atoms with van der Waals surface area (Å²) >= 11 is 7.49. The molecule has 2 nitrogen and oxygen atoms in total. The zero-order valence-electron chi connectivity index (χ0n) is 6.92. The van der Waals surface area contributed by atoms with Crippen molar-refractivity contribution in [2.45, 2.75) is 13.0 Å². The topological polar surface area (TPSA) is 35.2 Å². The molecule has 1 aromatic rings. The summed E-state index contributed by atoms with van der Waals surface area (Å²) in [6.07, 6.45) is -0.0475. The summed E-state index contributed by atoms with van der Waals surface area (Å²) in [6, 6.07) is 0. The smallest absolute Gasteiger partial charge is 0.0969 e. The first-order valence-corrected chi connectivity index (χ1v) is 5.15. The average Bonchev–Trinajstić information content (AvgIpc) is 2.47. The molecule has 12 heavy (non-hydrogen) atoms. The third-order valence-corrected chi connectivity index (χ3v) is 2.79. The molecule has 0 aliphatic heterocycles. The zero-order valence-corrected chi connectivity index (χ0v) is 8.49. The van der Waals surface area contributed by atoms with Gasteiger partial charge in [-0.1, -0.05) is 11.6 Å². The van der Waals surface area contributed by atoms with Crippen LogP contribution in [0.25, 0.3) is 0 Å². The lowest BCUT2D eigenvalue weighted by Gasteiger charge is -2.13. The lowest BCUT2D eigenvalue weighted by molar-refractivity contribution is 0.0692. The van der Waals surface area contributed by atoms with Crippen molar-refractivity contribution < 1.29 is 4.74 Å². The van der Waals surface area contributed by atoms with Gasteiger partial charge in [0.2, 0.25) is 0 Å². The van der Waals surface area contributed by atoms with E-state index < -0.39 is 0 Å². The van der Waals surface area contributed by atoms with Crippen molar-refractivity contribution >= 4 is 22.9 Å². The number of nitrogens with two attached hydrogens (primary N) is 1. The van der Waals surface area contributed by atoms with E-state index in [4.69, 9.17) is 22.1 Å². The first-order valence-electron chi connectivity index (χ1n) is 3.82. The highest BCUT2D eigenvalue weighted by Crippen LogP contribution is 2.28. The van der Waals surface area contributed by atoms with Crippen LogP contribution in [0, 0.1) is 0 Å². The van der Waals surface area contributed by atoms with Crippen molar-refractivity contribution in [3.05, 3.63) is 21.3 Å². The molecule has 1 atom stereocenters. The van der Waals surface area contributed by atoms with Crippen molar-refractivity contribution in [2.24, 2.45) is 5.73 Å². The lowest BCUT2D eigenvalue weighted by Crippen LogP contribution is -2.15. The number of ether oxygens (including phenoxy) is 1. The van der Waals surface area contributed by atoms with Crippen molar-refractivity contribution in [1.29, 1.82) is 0 Å². The van der Waals surface area contributed by atoms with Crippen molar-refractivity contribution in [1.82, 2.24) is 0 Å². The number of thiophene rings is 1. The van der Waals surface area contributed by atoms with Gasteiger partial charge in [-0.05, 0) is 12.3 Å². The Balaban J connectivity index is 2.72. The second-order valence-electron chi connectivity index (χ2n) is 2.35. The average molecular weight is 206 g/mol. The van der Waals surface area contributed by atoms with E-state index in [1.807, 2.05) is 17.7 Å². The molecule has 0 amide bonds. The first kappa shape index (κ1) is 9.99. The number of rotatable bonds is 4. The second-order valence-corrected chi connectivity index (χ2v) is 3.51. The zero-order chi connectivity index (χ0) is 8.97. The maximum atomic E-state index is 5.92. The van der Waals surface area contributed by atoms with Gasteiger partial charge in [0, 0.05) is 24.1 Å². The van der Waals surface area contributed by atoms with Gasteiger partial charge in [-0.25, -0.2) is 0 Å². The van der Waals surface area contributed by atoms with E-state index in [2.05, 4.69) is 0 Å². The standard InChI is InChI=1S/C8H12ClNOS/c1-2-11-8(3-10)6-4-12-5-7(6)9/h4-5,8H,2-3,10H2,1H3. The van der Waals surface area contributed by atoms with Crippen LogP contribution in [0.3, 0.4) is 0 Å². The number of halogens is 1. The molecule has 0 saturated carbocycles. The minimum absolute atomic E-state index is 0.0475. The molecular formula is C8H12ClNOS. The van der Waals surface area contributed by atoms with Crippen molar-refractivity contribution in [3.63, 3.8) is 0 Å². The van der Waals surface area contributed by atoms with Crippen LogP contribution in [-0.4, -0.2) is 13.2 Å².